The molecule has 2 fully saturated rings. The van der Waals surface area contributed by atoms with E-state index in [0.29, 0.717) is 36.4 Å². The van der Waals surface area contributed by atoms with E-state index in [9.17, 15) is 13.4 Å². The first-order chi connectivity index (χ1) is 21.1. The van der Waals surface area contributed by atoms with Crippen molar-refractivity contribution in [2.75, 3.05) is 19.3 Å². The minimum absolute atomic E-state index is 0.0211. The van der Waals surface area contributed by atoms with E-state index in [0.717, 1.165) is 48.5 Å². The number of primary amides is 1. The van der Waals surface area contributed by atoms with Crippen LogP contribution >= 0.6 is 0 Å². The highest BCUT2D eigenvalue weighted by molar-refractivity contribution is 7.92. The smallest absolute Gasteiger partial charge is 0.248 e. The Kier molecular flexibility index (Phi) is 8.09. The maximum Gasteiger partial charge on any atom is 0.248 e. The molecule has 44 heavy (non-hydrogen) atoms. The normalized spacial score (nSPS) is 20.5. The second-order valence-electron chi connectivity index (χ2n) is 11.8. The SMILES string of the molecule is CS(=N)(=O)C1CC(n2c(CN3CCC(c4cccc(OCc5ccc(C#N)cc5F)n4)CC3)nc3ccc(C(N)=O)cc32)C1. The third kappa shape index (κ3) is 6.16. The van der Waals surface area contributed by atoms with E-state index in [1.165, 1.54) is 12.3 Å². The Bertz CT molecular complexity index is 1870. The number of nitrogens with zero attached hydrogens (tertiary/aromatic N) is 5. The zero-order chi connectivity index (χ0) is 31.0. The number of likely N-dealkylation sites (tertiary alicyclic amines) is 1. The van der Waals surface area contributed by atoms with E-state index in [1.807, 2.05) is 24.3 Å². The zero-order valence-corrected chi connectivity index (χ0v) is 25.2. The van der Waals surface area contributed by atoms with Crippen LogP contribution in [-0.4, -0.2) is 54.1 Å². The summed E-state index contributed by atoms with van der Waals surface area (Å²) in [7, 11) is -2.62. The van der Waals surface area contributed by atoms with Crippen molar-refractivity contribution in [3.8, 4) is 11.9 Å². The van der Waals surface area contributed by atoms with E-state index >= 15 is 0 Å². The van der Waals surface area contributed by atoms with Crippen LogP contribution in [0.5, 0.6) is 5.88 Å². The highest BCUT2D eigenvalue weighted by Gasteiger charge is 2.37. The molecule has 10 nitrogen and oxygen atoms in total. The number of hydrogen-bond donors (Lipinski definition) is 2. The lowest BCUT2D eigenvalue weighted by atomic mass is 9.91. The molecule has 12 heteroatoms. The number of nitriles is 1. The van der Waals surface area contributed by atoms with Gasteiger partial charge in [-0.3, -0.25) is 14.5 Å². The van der Waals surface area contributed by atoms with Crippen molar-refractivity contribution in [3.05, 3.63) is 88.6 Å². The summed E-state index contributed by atoms with van der Waals surface area (Å²) in [6.45, 7) is 2.33. The van der Waals surface area contributed by atoms with Crippen molar-refractivity contribution < 1.29 is 18.1 Å². The molecule has 1 aliphatic carbocycles. The van der Waals surface area contributed by atoms with Crippen molar-refractivity contribution in [3.63, 3.8) is 0 Å². The summed E-state index contributed by atoms with van der Waals surface area (Å²) in [6.07, 6.45) is 4.58. The molecule has 0 radical (unpaired) electrons. The second-order valence-corrected chi connectivity index (χ2v) is 14.2. The largest absolute Gasteiger partial charge is 0.473 e. The van der Waals surface area contributed by atoms with Gasteiger partial charge in [0, 0.05) is 56.1 Å². The van der Waals surface area contributed by atoms with Crippen LogP contribution in [0, 0.1) is 21.9 Å². The van der Waals surface area contributed by atoms with Crippen LogP contribution < -0.4 is 10.5 Å². The molecule has 3 heterocycles. The molecule has 4 aromatic rings. The number of ether oxygens (including phenoxy) is 1. The van der Waals surface area contributed by atoms with Crippen molar-refractivity contribution in [1.29, 1.82) is 10.0 Å². The number of pyridine rings is 1. The lowest BCUT2D eigenvalue weighted by Crippen LogP contribution is -2.38. The minimum Gasteiger partial charge on any atom is -0.473 e. The molecule has 2 aromatic carbocycles. The van der Waals surface area contributed by atoms with Crippen LogP contribution in [-0.2, 0) is 22.9 Å². The van der Waals surface area contributed by atoms with Gasteiger partial charge in [-0.15, -0.1) is 0 Å². The molecule has 6 rings (SSSR count). The minimum atomic E-state index is -2.62. The lowest BCUT2D eigenvalue weighted by molar-refractivity contribution is 0.100. The molecule has 1 amide bonds. The highest BCUT2D eigenvalue weighted by Crippen LogP contribution is 2.40. The number of halogens is 1. The standard InChI is InChI=1S/C32H34FN7O3S/c1-44(36,42)25-15-24(16-25)40-29-14-22(32(35)41)7-8-28(29)37-30(40)18-39-11-9-21(10-12-39)27-3-2-4-31(38-27)43-19-23-6-5-20(17-34)13-26(23)33/h2-8,13-14,21,24-25,36H,9-12,15-16,18-19H2,1H3,(H2,35,41). The van der Waals surface area contributed by atoms with Gasteiger partial charge in [-0.25, -0.2) is 18.6 Å². The summed E-state index contributed by atoms with van der Waals surface area (Å²) in [4.78, 5) is 23.9. The third-order valence-electron chi connectivity index (χ3n) is 8.79. The molecule has 228 valence electrons. The number of benzene rings is 2. The van der Waals surface area contributed by atoms with Gasteiger partial charge in [0.2, 0.25) is 11.8 Å². The number of rotatable bonds is 9. The quantitative estimate of drug-likeness (QED) is 0.272. The first kappa shape index (κ1) is 29.7. The van der Waals surface area contributed by atoms with Gasteiger partial charge in [-0.1, -0.05) is 12.1 Å². The van der Waals surface area contributed by atoms with Crippen LogP contribution in [0.1, 0.15) is 70.6 Å². The molecular weight excluding hydrogens is 581 g/mol. The Morgan fingerprint density at radius 1 is 1.16 bits per heavy atom. The van der Waals surface area contributed by atoms with Crippen LogP contribution in [0.25, 0.3) is 11.0 Å². The van der Waals surface area contributed by atoms with Gasteiger partial charge in [0.15, 0.2) is 0 Å². The summed E-state index contributed by atoms with van der Waals surface area (Å²) in [5, 5.41) is 8.80. The number of aromatic nitrogens is 3. The van der Waals surface area contributed by atoms with Crippen LogP contribution in [0.15, 0.2) is 54.6 Å². The van der Waals surface area contributed by atoms with Gasteiger partial charge in [0.1, 0.15) is 18.2 Å². The fraction of sp³-hybridized carbons (Fsp3) is 0.375. The second kappa shape index (κ2) is 12.0. The first-order valence-electron chi connectivity index (χ1n) is 14.6. The Morgan fingerprint density at radius 2 is 1.93 bits per heavy atom. The third-order valence-corrected chi connectivity index (χ3v) is 10.4. The highest BCUT2D eigenvalue weighted by atomic mass is 32.2. The zero-order valence-electron chi connectivity index (χ0n) is 24.4. The monoisotopic (exact) mass is 615 g/mol. The number of carbonyl (C=O) groups is 1. The Hall–Kier alpha value is -4.34. The predicted molar refractivity (Wildman–Crippen MR) is 164 cm³/mol. The maximum absolute atomic E-state index is 14.3. The molecule has 0 bridgehead atoms. The molecule has 3 N–H and O–H groups in total. The van der Waals surface area contributed by atoms with E-state index < -0.39 is 21.5 Å². The fourth-order valence-electron chi connectivity index (χ4n) is 6.14. The molecule has 2 aromatic heterocycles. The Labute approximate surface area is 255 Å². The van der Waals surface area contributed by atoms with Gasteiger partial charge in [0.25, 0.3) is 0 Å². The fourth-order valence-corrected chi connectivity index (χ4v) is 7.32. The maximum atomic E-state index is 14.3. The summed E-state index contributed by atoms with van der Waals surface area (Å²) in [5.74, 6) is 0.593. The number of nitrogens with two attached hydrogens (primary N) is 1. The molecular formula is C32H34FN7O3S. The molecule has 1 saturated carbocycles. The van der Waals surface area contributed by atoms with Gasteiger partial charge >= 0.3 is 0 Å². The van der Waals surface area contributed by atoms with Crippen molar-refractivity contribution in [2.45, 2.75) is 56.0 Å². The van der Waals surface area contributed by atoms with Crippen molar-refractivity contribution in [1.82, 2.24) is 19.4 Å². The summed E-state index contributed by atoms with van der Waals surface area (Å²) >= 11 is 0. The molecule has 2 aliphatic rings. The average molecular weight is 616 g/mol. The summed E-state index contributed by atoms with van der Waals surface area (Å²) < 4.78 is 42.6. The number of nitrogens with one attached hydrogen (secondary N) is 1. The van der Waals surface area contributed by atoms with E-state index in [-0.39, 0.29) is 29.4 Å². The van der Waals surface area contributed by atoms with E-state index in [1.54, 1.807) is 30.3 Å². The average Bonchev–Trinajstić information content (AvgIpc) is 3.32. The van der Waals surface area contributed by atoms with Crippen LogP contribution in [0.3, 0.4) is 0 Å². The molecule has 1 saturated heterocycles. The summed E-state index contributed by atoms with van der Waals surface area (Å²) in [5.41, 5.74) is 9.17. The molecule has 1 unspecified atom stereocenters. The van der Waals surface area contributed by atoms with Crippen LogP contribution in [0.2, 0.25) is 0 Å². The summed E-state index contributed by atoms with van der Waals surface area (Å²) in [6, 6.07) is 17.3. The molecule has 1 aliphatic heterocycles. The van der Waals surface area contributed by atoms with E-state index in [4.69, 9.17) is 30.5 Å². The van der Waals surface area contributed by atoms with E-state index in [2.05, 4.69) is 9.47 Å². The van der Waals surface area contributed by atoms with Gasteiger partial charge in [-0.2, -0.15) is 5.26 Å². The number of amides is 1. The number of carbonyl (C=O) groups excluding carboxylic acids is 1. The van der Waals surface area contributed by atoms with Gasteiger partial charge < -0.3 is 15.0 Å². The number of piperidine rings is 1. The Balaban J connectivity index is 1.13. The molecule has 0 spiro atoms. The predicted octanol–water partition coefficient (Wildman–Crippen LogP) is 4.88. The number of fused-ring (bicyclic) bond motifs is 1. The van der Waals surface area contributed by atoms with Crippen LogP contribution in [0.4, 0.5) is 4.39 Å². The van der Waals surface area contributed by atoms with Crippen molar-refractivity contribution in [2.24, 2.45) is 5.73 Å². The Morgan fingerprint density at radius 3 is 2.61 bits per heavy atom. The van der Waals surface area contributed by atoms with Gasteiger partial charge in [0.05, 0.1) is 29.2 Å². The first-order valence-corrected chi connectivity index (χ1v) is 16.7. The lowest BCUT2D eigenvalue weighted by Gasteiger charge is -2.38. The number of hydrogen-bond acceptors (Lipinski definition) is 8. The topological polar surface area (TPSA) is 151 Å². The van der Waals surface area contributed by atoms with Crippen molar-refractivity contribution >= 4 is 26.7 Å². The van der Waals surface area contributed by atoms with Gasteiger partial charge in [-0.05, 0) is 75.2 Å². The number of imidazole rings is 1. The molecule has 1 atom stereocenters.